The Morgan fingerprint density at radius 1 is 0.909 bits per heavy atom. The van der Waals surface area contributed by atoms with Gasteiger partial charge in [0.25, 0.3) is 5.91 Å². The lowest BCUT2D eigenvalue weighted by atomic mass is 9.89. The Balaban J connectivity index is 1.64. The molecule has 1 aliphatic rings. The smallest absolute Gasteiger partial charge is 0.338 e. The number of β-lactam (4-membered cyclic amide) rings is 1. The molecule has 1 fully saturated rings. The van der Waals surface area contributed by atoms with E-state index in [1.165, 1.54) is 0 Å². The van der Waals surface area contributed by atoms with Gasteiger partial charge in [-0.1, -0.05) is 30.3 Å². The van der Waals surface area contributed by atoms with Gasteiger partial charge in [0.05, 0.1) is 18.8 Å². The van der Waals surface area contributed by atoms with Gasteiger partial charge in [-0.15, -0.1) is 0 Å². The molecule has 0 aromatic heterocycles. The van der Waals surface area contributed by atoms with E-state index in [0.717, 1.165) is 16.9 Å². The maximum absolute atomic E-state index is 13.2. The van der Waals surface area contributed by atoms with Crippen molar-refractivity contribution < 1.29 is 23.8 Å². The maximum atomic E-state index is 13.2. The lowest BCUT2D eigenvalue weighted by molar-refractivity contribution is -0.135. The lowest BCUT2D eigenvalue weighted by Crippen LogP contribution is -2.61. The number of nitrogens with zero attached hydrogens (tertiary/aromatic N) is 1. The van der Waals surface area contributed by atoms with Crippen LogP contribution in [0, 0.1) is 6.92 Å². The van der Waals surface area contributed by atoms with Crippen LogP contribution in [0.15, 0.2) is 72.8 Å². The number of carbonyl (C=O) groups excluding carboxylic acids is 2. The van der Waals surface area contributed by atoms with Gasteiger partial charge in [0.2, 0.25) is 6.10 Å². The standard InChI is InChI=1S/C27H27NO5/c1-4-31-22-16-12-19(13-17-22)24-25(33-23-9-7-6-8-18(23)3)26(29)28(24)21-14-10-20(11-15-21)27(30)32-5-2/h6-17,24-25H,4-5H2,1-3H3/t24-,25+/m1/s1. The number of hydrogen-bond donors (Lipinski definition) is 0. The highest BCUT2D eigenvalue weighted by Crippen LogP contribution is 2.42. The number of carbonyl (C=O) groups is 2. The first-order valence-corrected chi connectivity index (χ1v) is 11.1. The quantitative estimate of drug-likeness (QED) is 0.356. The predicted molar refractivity (Wildman–Crippen MR) is 126 cm³/mol. The van der Waals surface area contributed by atoms with Crippen molar-refractivity contribution in [1.82, 2.24) is 0 Å². The first-order valence-electron chi connectivity index (χ1n) is 11.1. The number of para-hydroxylation sites is 1. The summed E-state index contributed by atoms with van der Waals surface area (Å²) in [5.74, 6) is 0.932. The van der Waals surface area contributed by atoms with Crippen molar-refractivity contribution in [2.45, 2.75) is 32.9 Å². The van der Waals surface area contributed by atoms with Crippen LogP contribution in [-0.4, -0.2) is 31.2 Å². The van der Waals surface area contributed by atoms with E-state index < -0.39 is 6.10 Å². The average molecular weight is 446 g/mol. The molecule has 0 unspecified atom stereocenters. The molecule has 170 valence electrons. The molecule has 4 rings (SSSR count). The van der Waals surface area contributed by atoms with E-state index in [-0.39, 0.29) is 17.9 Å². The van der Waals surface area contributed by atoms with Gasteiger partial charge < -0.3 is 14.2 Å². The minimum Gasteiger partial charge on any atom is -0.494 e. The number of hydrogen-bond acceptors (Lipinski definition) is 5. The summed E-state index contributed by atoms with van der Waals surface area (Å²) in [7, 11) is 0. The second-order valence-electron chi connectivity index (χ2n) is 7.73. The summed E-state index contributed by atoms with van der Waals surface area (Å²) in [4.78, 5) is 26.9. The van der Waals surface area contributed by atoms with E-state index in [4.69, 9.17) is 14.2 Å². The van der Waals surface area contributed by atoms with Crippen molar-refractivity contribution in [2.75, 3.05) is 18.1 Å². The number of ether oxygens (including phenoxy) is 3. The van der Waals surface area contributed by atoms with E-state index in [0.29, 0.717) is 30.2 Å². The molecular formula is C27H27NO5. The molecule has 2 atom stereocenters. The summed E-state index contributed by atoms with van der Waals surface area (Å²) >= 11 is 0. The van der Waals surface area contributed by atoms with Gasteiger partial charge in [-0.2, -0.15) is 0 Å². The van der Waals surface area contributed by atoms with Crippen LogP contribution in [0.4, 0.5) is 5.69 Å². The number of esters is 1. The minimum absolute atomic E-state index is 0.138. The van der Waals surface area contributed by atoms with E-state index in [2.05, 4.69) is 0 Å². The van der Waals surface area contributed by atoms with Crippen LogP contribution in [0.5, 0.6) is 11.5 Å². The van der Waals surface area contributed by atoms with Crippen LogP contribution < -0.4 is 14.4 Å². The van der Waals surface area contributed by atoms with Crippen molar-refractivity contribution in [2.24, 2.45) is 0 Å². The molecule has 0 aliphatic carbocycles. The molecule has 3 aromatic rings. The second kappa shape index (κ2) is 9.77. The van der Waals surface area contributed by atoms with Crippen molar-refractivity contribution >= 4 is 17.6 Å². The molecule has 0 N–H and O–H groups in total. The summed E-state index contributed by atoms with van der Waals surface area (Å²) in [6.07, 6.45) is -0.659. The molecule has 1 aliphatic heterocycles. The van der Waals surface area contributed by atoms with Gasteiger partial charge in [0, 0.05) is 5.69 Å². The van der Waals surface area contributed by atoms with Gasteiger partial charge in [0.15, 0.2) is 0 Å². The van der Waals surface area contributed by atoms with Crippen LogP contribution >= 0.6 is 0 Å². The number of aryl methyl sites for hydroxylation is 1. The number of amides is 1. The van der Waals surface area contributed by atoms with Crippen molar-refractivity contribution in [3.05, 3.63) is 89.5 Å². The molecule has 6 nitrogen and oxygen atoms in total. The molecule has 1 heterocycles. The Morgan fingerprint density at radius 3 is 2.24 bits per heavy atom. The Hall–Kier alpha value is -3.80. The zero-order valence-corrected chi connectivity index (χ0v) is 19.0. The fourth-order valence-electron chi connectivity index (χ4n) is 3.91. The molecule has 33 heavy (non-hydrogen) atoms. The molecular weight excluding hydrogens is 418 g/mol. The van der Waals surface area contributed by atoms with Crippen molar-refractivity contribution in [3.63, 3.8) is 0 Å². The third-order valence-corrected chi connectivity index (χ3v) is 5.58. The van der Waals surface area contributed by atoms with E-state index >= 15 is 0 Å². The largest absolute Gasteiger partial charge is 0.494 e. The highest BCUT2D eigenvalue weighted by molar-refractivity contribution is 6.05. The monoisotopic (exact) mass is 445 g/mol. The molecule has 0 spiro atoms. The van der Waals surface area contributed by atoms with Crippen LogP contribution in [-0.2, 0) is 9.53 Å². The lowest BCUT2D eigenvalue weighted by Gasteiger charge is -2.46. The fourth-order valence-corrected chi connectivity index (χ4v) is 3.91. The Morgan fingerprint density at radius 2 is 1.61 bits per heavy atom. The van der Waals surface area contributed by atoms with Gasteiger partial charge in [0.1, 0.15) is 17.5 Å². The molecule has 6 heteroatoms. The maximum Gasteiger partial charge on any atom is 0.338 e. The van der Waals surface area contributed by atoms with Gasteiger partial charge in [-0.3, -0.25) is 9.69 Å². The Labute approximate surface area is 193 Å². The van der Waals surface area contributed by atoms with Crippen molar-refractivity contribution in [3.8, 4) is 11.5 Å². The van der Waals surface area contributed by atoms with Crippen LogP contribution in [0.25, 0.3) is 0 Å². The summed E-state index contributed by atoms with van der Waals surface area (Å²) < 4.78 is 16.8. The van der Waals surface area contributed by atoms with Gasteiger partial charge in [-0.05, 0) is 74.4 Å². The zero-order chi connectivity index (χ0) is 23.4. The second-order valence-corrected chi connectivity index (χ2v) is 7.73. The summed E-state index contributed by atoms with van der Waals surface area (Å²) in [5.41, 5.74) is 3.04. The number of benzene rings is 3. The Bertz CT molecular complexity index is 1120. The van der Waals surface area contributed by atoms with Crippen LogP contribution in [0.1, 0.15) is 41.4 Å². The molecule has 1 amide bonds. The van der Waals surface area contributed by atoms with Crippen LogP contribution in [0.3, 0.4) is 0 Å². The highest BCUT2D eigenvalue weighted by Gasteiger charge is 2.51. The molecule has 1 saturated heterocycles. The molecule has 0 radical (unpaired) electrons. The third-order valence-electron chi connectivity index (χ3n) is 5.58. The zero-order valence-electron chi connectivity index (χ0n) is 19.0. The minimum atomic E-state index is -0.659. The summed E-state index contributed by atoms with van der Waals surface area (Å²) in [5, 5.41) is 0. The summed E-state index contributed by atoms with van der Waals surface area (Å²) in [6.45, 7) is 6.55. The van der Waals surface area contributed by atoms with E-state index in [1.807, 2.05) is 62.4 Å². The predicted octanol–water partition coefficient (Wildman–Crippen LogP) is 5.11. The SMILES string of the molecule is CCOC(=O)c1ccc(N2C(=O)[C@@H](Oc3ccccc3C)[C@H]2c2ccc(OCC)cc2)cc1. The first-order chi connectivity index (χ1) is 16.0. The number of anilines is 1. The average Bonchev–Trinajstić information content (AvgIpc) is 2.83. The van der Waals surface area contributed by atoms with Crippen molar-refractivity contribution in [1.29, 1.82) is 0 Å². The van der Waals surface area contributed by atoms with E-state index in [9.17, 15) is 9.59 Å². The molecule has 3 aromatic carbocycles. The molecule has 0 saturated carbocycles. The third kappa shape index (κ3) is 4.55. The topological polar surface area (TPSA) is 65.1 Å². The normalized spacial score (nSPS) is 17.3. The molecule has 0 bridgehead atoms. The fraction of sp³-hybridized carbons (Fsp3) is 0.259. The Kier molecular flexibility index (Phi) is 6.63. The highest BCUT2D eigenvalue weighted by atomic mass is 16.5. The van der Waals surface area contributed by atoms with Crippen LogP contribution in [0.2, 0.25) is 0 Å². The number of rotatable bonds is 8. The van der Waals surface area contributed by atoms with Gasteiger partial charge >= 0.3 is 5.97 Å². The van der Waals surface area contributed by atoms with E-state index in [1.54, 1.807) is 36.1 Å². The van der Waals surface area contributed by atoms with Gasteiger partial charge in [-0.25, -0.2) is 4.79 Å². The first kappa shape index (κ1) is 22.4. The summed E-state index contributed by atoms with van der Waals surface area (Å²) in [6, 6.07) is 21.9.